The lowest BCUT2D eigenvalue weighted by atomic mass is 9.71. The van der Waals surface area contributed by atoms with Crippen LogP contribution < -0.4 is 0 Å². The van der Waals surface area contributed by atoms with Crippen molar-refractivity contribution >= 4 is 11.6 Å². The molecule has 3 atom stereocenters. The van der Waals surface area contributed by atoms with Gasteiger partial charge in [-0.05, 0) is 49.9 Å². The SMILES string of the molecule is CC1CCC(C2CCC(Cl)C(F)C2)CC1. The Kier molecular flexibility index (Phi) is 3.93. The zero-order chi connectivity index (χ0) is 10.8. The van der Waals surface area contributed by atoms with Crippen molar-refractivity contribution in [1.29, 1.82) is 0 Å². The van der Waals surface area contributed by atoms with Crippen LogP contribution in [0.1, 0.15) is 51.9 Å². The summed E-state index contributed by atoms with van der Waals surface area (Å²) in [6.07, 6.45) is 7.38. The van der Waals surface area contributed by atoms with E-state index in [-0.39, 0.29) is 5.38 Å². The maximum absolute atomic E-state index is 13.5. The van der Waals surface area contributed by atoms with Crippen LogP contribution in [0.25, 0.3) is 0 Å². The van der Waals surface area contributed by atoms with Crippen molar-refractivity contribution in [3.8, 4) is 0 Å². The highest BCUT2D eigenvalue weighted by atomic mass is 35.5. The quantitative estimate of drug-likeness (QED) is 0.582. The molecule has 15 heavy (non-hydrogen) atoms. The lowest BCUT2D eigenvalue weighted by Crippen LogP contribution is -2.32. The van der Waals surface area contributed by atoms with Crippen molar-refractivity contribution in [3.05, 3.63) is 0 Å². The van der Waals surface area contributed by atoms with E-state index in [4.69, 9.17) is 11.6 Å². The van der Waals surface area contributed by atoms with E-state index in [9.17, 15) is 4.39 Å². The molecular formula is C13H22ClF. The van der Waals surface area contributed by atoms with Gasteiger partial charge in [-0.1, -0.05) is 19.8 Å². The molecule has 0 heterocycles. The number of hydrogen-bond acceptors (Lipinski definition) is 0. The van der Waals surface area contributed by atoms with Crippen LogP contribution >= 0.6 is 11.6 Å². The molecule has 2 aliphatic carbocycles. The van der Waals surface area contributed by atoms with Crippen LogP contribution in [0.5, 0.6) is 0 Å². The van der Waals surface area contributed by atoms with Crippen molar-refractivity contribution < 1.29 is 4.39 Å². The van der Waals surface area contributed by atoms with Gasteiger partial charge in [0.15, 0.2) is 0 Å². The topological polar surface area (TPSA) is 0 Å². The second-order valence-electron chi connectivity index (χ2n) is 5.63. The van der Waals surface area contributed by atoms with Crippen LogP contribution in [0.2, 0.25) is 0 Å². The normalized spacial score (nSPS) is 47.8. The first-order chi connectivity index (χ1) is 7.16. The number of alkyl halides is 2. The Morgan fingerprint density at radius 3 is 2.13 bits per heavy atom. The summed E-state index contributed by atoms with van der Waals surface area (Å²) in [5.41, 5.74) is 0. The molecule has 0 aromatic rings. The van der Waals surface area contributed by atoms with Crippen LogP contribution in [0.4, 0.5) is 4.39 Å². The van der Waals surface area contributed by atoms with E-state index in [0.717, 1.165) is 31.1 Å². The summed E-state index contributed by atoms with van der Waals surface area (Å²) in [7, 11) is 0. The van der Waals surface area contributed by atoms with Gasteiger partial charge >= 0.3 is 0 Å². The molecule has 2 rings (SSSR count). The zero-order valence-corrected chi connectivity index (χ0v) is 10.3. The van der Waals surface area contributed by atoms with Crippen molar-refractivity contribution in [1.82, 2.24) is 0 Å². The van der Waals surface area contributed by atoms with E-state index in [2.05, 4.69) is 6.92 Å². The van der Waals surface area contributed by atoms with E-state index < -0.39 is 6.17 Å². The molecule has 0 nitrogen and oxygen atoms in total. The molecule has 0 aliphatic heterocycles. The molecule has 0 radical (unpaired) electrons. The van der Waals surface area contributed by atoms with E-state index in [1.165, 1.54) is 25.7 Å². The molecular weight excluding hydrogens is 211 g/mol. The van der Waals surface area contributed by atoms with Crippen molar-refractivity contribution in [3.63, 3.8) is 0 Å². The molecule has 88 valence electrons. The average Bonchev–Trinajstić information content (AvgIpc) is 2.23. The van der Waals surface area contributed by atoms with Gasteiger partial charge in [-0.2, -0.15) is 0 Å². The fourth-order valence-corrected chi connectivity index (χ4v) is 3.52. The van der Waals surface area contributed by atoms with E-state index in [0.29, 0.717) is 5.92 Å². The van der Waals surface area contributed by atoms with Crippen molar-refractivity contribution in [2.75, 3.05) is 0 Å². The Morgan fingerprint density at radius 1 is 0.933 bits per heavy atom. The average molecular weight is 233 g/mol. The third kappa shape index (κ3) is 2.87. The maximum Gasteiger partial charge on any atom is 0.117 e. The zero-order valence-electron chi connectivity index (χ0n) is 9.59. The number of hydrogen-bond donors (Lipinski definition) is 0. The van der Waals surface area contributed by atoms with Crippen LogP contribution in [0.15, 0.2) is 0 Å². The van der Waals surface area contributed by atoms with Gasteiger partial charge in [-0.15, -0.1) is 11.6 Å². The monoisotopic (exact) mass is 232 g/mol. The van der Waals surface area contributed by atoms with E-state index in [1.807, 2.05) is 0 Å². The summed E-state index contributed by atoms with van der Waals surface area (Å²) in [4.78, 5) is 0. The molecule has 0 spiro atoms. The molecule has 3 unspecified atom stereocenters. The molecule has 2 fully saturated rings. The van der Waals surface area contributed by atoms with Gasteiger partial charge in [0.1, 0.15) is 6.17 Å². The van der Waals surface area contributed by atoms with Crippen molar-refractivity contribution in [2.24, 2.45) is 17.8 Å². The van der Waals surface area contributed by atoms with Crippen LogP contribution in [0.3, 0.4) is 0 Å². The minimum Gasteiger partial charge on any atom is -0.246 e. The number of halogens is 2. The third-order valence-corrected chi connectivity index (χ3v) is 4.95. The minimum atomic E-state index is -0.746. The van der Waals surface area contributed by atoms with Gasteiger partial charge in [0.25, 0.3) is 0 Å². The van der Waals surface area contributed by atoms with E-state index >= 15 is 0 Å². The molecule has 2 saturated carbocycles. The first kappa shape index (κ1) is 11.7. The minimum absolute atomic E-state index is 0.205. The Labute approximate surface area is 97.6 Å². The summed E-state index contributed by atoms with van der Waals surface area (Å²) < 4.78 is 13.5. The van der Waals surface area contributed by atoms with Gasteiger partial charge in [-0.25, -0.2) is 4.39 Å². The van der Waals surface area contributed by atoms with Gasteiger partial charge in [0.2, 0.25) is 0 Å². The van der Waals surface area contributed by atoms with Crippen molar-refractivity contribution in [2.45, 2.75) is 63.4 Å². The Balaban J connectivity index is 1.84. The molecule has 0 amide bonds. The Morgan fingerprint density at radius 2 is 1.53 bits per heavy atom. The molecule has 0 N–H and O–H groups in total. The third-order valence-electron chi connectivity index (χ3n) is 4.46. The second kappa shape index (κ2) is 5.03. The smallest absolute Gasteiger partial charge is 0.117 e. The van der Waals surface area contributed by atoms with E-state index in [1.54, 1.807) is 0 Å². The molecule has 0 bridgehead atoms. The summed E-state index contributed by atoms with van der Waals surface area (Å²) in [5, 5.41) is -0.205. The van der Waals surface area contributed by atoms with Crippen LogP contribution in [-0.4, -0.2) is 11.5 Å². The highest BCUT2D eigenvalue weighted by Gasteiger charge is 2.34. The largest absolute Gasteiger partial charge is 0.246 e. The van der Waals surface area contributed by atoms with Gasteiger partial charge in [-0.3, -0.25) is 0 Å². The predicted molar refractivity (Wildman–Crippen MR) is 63.0 cm³/mol. The van der Waals surface area contributed by atoms with Gasteiger partial charge < -0.3 is 0 Å². The molecule has 0 aromatic carbocycles. The fourth-order valence-electron chi connectivity index (χ4n) is 3.29. The maximum atomic E-state index is 13.5. The Hall–Kier alpha value is 0.220. The summed E-state index contributed by atoms with van der Waals surface area (Å²) >= 11 is 5.92. The van der Waals surface area contributed by atoms with Gasteiger partial charge in [0.05, 0.1) is 5.38 Å². The summed E-state index contributed by atoms with van der Waals surface area (Å²) in [6.45, 7) is 2.34. The molecule has 2 aliphatic rings. The van der Waals surface area contributed by atoms with Gasteiger partial charge in [0, 0.05) is 0 Å². The lowest BCUT2D eigenvalue weighted by Gasteiger charge is -2.37. The molecule has 0 aromatic heterocycles. The first-order valence-electron chi connectivity index (χ1n) is 6.45. The molecule has 0 saturated heterocycles. The predicted octanol–water partition coefficient (Wildman–Crippen LogP) is 4.56. The second-order valence-corrected chi connectivity index (χ2v) is 6.19. The van der Waals surface area contributed by atoms with Crippen LogP contribution in [0, 0.1) is 17.8 Å². The Bertz CT molecular complexity index is 199. The first-order valence-corrected chi connectivity index (χ1v) is 6.88. The highest BCUT2D eigenvalue weighted by molar-refractivity contribution is 6.21. The summed E-state index contributed by atoms with van der Waals surface area (Å²) in [6, 6.07) is 0. The fraction of sp³-hybridized carbons (Fsp3) is 1.00. The lowest BCUT2D eigenvalue weighted by molar-refractivity contribution is 0.123. The van der Waals surface area contributed by atoms with Crippen LogP contribution in [-0.2, 0) is 0 Å². The molecule has 2 heteroatoms. The highest BCUT2D eigenvalue weighted by Crippen LogP contribution is 2.41. The standard InChI is InChI=1S/C13H22ClF/c1-9-2-4-10(5-3-9)11-6-7-12(14)13(15)8-11/h9-13H,2-8H2,1H3. The summed E-state index contributed by atoms with van der Waals surface area (Å²) in [5.74, 6) is 2.32. The number of rotatable bonds is 1.